The molecule has 4 heterocycles. The van der Waals surface area contributed by atoms with E-state index in [2.05, 4.69) is 20.6 Å². The van der Waals surface area contributed by atoms with Crippen molar-refractivity contribution in [3.05, 3.63) is 144 Å². The molecule has 382 valence electrons. The number of anilines is 2. The van der Waals surface area contributed by atoms with Gasteiger partial charge in [-0.15, -0.1) is 0 Å². The second-order valence-corrected chi connectivity index (χ2v) is 17.2. The number of phenolic OH excluding ortho intramolecular Hbond substituents is 1. The van der Waals surface area contributed by atoms with Crippen LogP contribution in [0, 0.1) is 13.8 Å². The van der Waals surface area contributed by atoms with Crippen molar-refractivity contribution in [2.45, 2.75) is 78.6 Å². The Bertz CT molecular complexity index is 3240. The van der Waals surface area contributed by atoms with Gasteiger partial charge in [0.2, 0.25) is 0 Å². The molecule has 0 unspecified atom stereocenters. The van der Waals surface area contributed by atoms with Gasteiger partial charge >= 0.3 is 12.4 Å². The second kappa shape index (κ2) is 23.0. The van der Waals surface area contributed by atoms with Gasteiger partial charge in [0.15, 0.2) is 22.9 Å². The monoisotopic (exact) mass is 1010 g/mol. The number of benzene rings is 4. The van der Waals surface area contributed by atoms with E-state index in [1.165, 1.54) is 12.1 Å². The highest BCUT2D eigenvalue weighted by Gasteiger charge is 2.28. The number of ether oxygens (including phenoxy) is 3. The fraction of sp³-hybridized carbons (Fsp3) is 0.273. The Labute approximate surface area is 417 Å². The van der Waals surface area contributed by atoms with Gasteiger partial charge in [0, 0.05) is 72.5 Å². The van der Waals surface area contributed by atoms with E-state index in [9.17, 15) is 41.0 Å². The molecule has 0 bridgehead atoms. The third-order valence-corrected chi connectivity index (χ3v) is 11.5. The number of hydrogen-bond acceptors (Lipinski definition) is 10. The van der Waals surface area contributed by atoms with E-state index in [1.54, 1.807) is 101 Å². The van der Waals surface area contributed by atoms with Crippen LogP contribution in [-0.4, -0.2) is 68.0 Å². The molecular weight excluding hydrogens is 955 g/mol. The summed E-state index contributed by atoms with van der Waals surface area (Å²) in [6.45, 7) is 7.04. The first-order valence-electron chi connectivity index (χ1n) is 23.5. The number of ketones is 2. The standard InChI is InChI=1S/C28H28F3N3O3.C27H26F3N3O3/c1-4-6-26(35)23-10-9-19(13-18(23)2)25-16-33-27-24(32-12-11-28(29,30)31)15-22(17-34(25)27)37-21-8-5-7-20(14-21)36-3;1-3-5-25(35)22-9-8-18(12-17(22)2)24-15-32-26-23(31-11-10-27(28,29)30)14-21(16-33(24)26)36-20-7-4-6-19(34)13-20/h5,7-10,13-17,32H,4,6,11-12H2,1-3H3;4,6-9,12-16,31,34H,3,5,10-11H2,1-2H3. The first kappa shape index (κ1) is 52.8. The average molecular weight is 1010 g/mol. The van der Waals surface area contributed by atoms with Gasteiger partial charge in [-0.25, -0.2) is 9.97 Å². The third-order valence-electron chi connectivity index (χ3n) is 11.5. The van der Waals surface area contributed by atoms with Gasteiger partial charge in [0.1, 0.15) is 34.5 Å². The molecule has 0 saturated heterocycles. The lowest BCUT2D eigenvalue weighted by Crippen LogP contribution is -2.15. The van der Waals surface area contributed by atoms with Gasteiger partial charge in [0.05, 0.1) is 67.5 Å². The average Bonchev–Trinajstić information content (AvgIpc) is 3.96. The largest absolute Gasteiger partial charge is 0.508 e. The molecule has 0 aliphatic carbocycles. The smallest absolute Gasteiger partial charge is 0.390 e. The molecule has 8 aromatic rings. The summed E-state index contributed by atoms with van der Waals surface area (Å²) in [5.74, 6) is 2.43. The zero-order valence-electron chi connectivity index (χ0n) is 40.7. The number of Topliss-reactive ketones (excluding diaryl/α,β-unsaturated/α-hetero) is 2. The Hall–Kier alpha value is -8.02. The highest BCUT2D eigenvalue weighted by atomic mass is 19.4. The van der Waals surface area contributed by atoms with Crippen molar-refractivity contribution in [1.82, 2.24) is 18.8 Å². The number of aromatic nitrogens is 4. The lowest BCUT2D eigenvalue weighted by atomic mass is 9.98. The molecule has 0 atom stereocenters. The number of aryl methyl sites for hydroxylation is 2. The van der Waals surface area contributed by atoms with Crippen LogP contribution in [0.25, 0.3) is 33.8 Å². The van der Waals surface area contributed by atoms with Gasteiger partial charge < -0.3 is 30.0 Å². The molecular formula is C55H54F6N6O6. The number of pyridine rings is 2. The van der Waals surface area contributed by atoms with Crippen molar-refractivity contribution < 1.29 is 55.2 Å². The predicted molar refractivity (Wildman–Crippen MR) is 269 cm³/mol. The van der Waals surface area contributed by atoms with E-state index in [1.807, 2.05) is 52.0 Å². The fourth-order valence-electron chi connectivity index (χ4n) is 8.08. The van der Waals surface area contributed by atoms with Crippen molar-refractivity contribution >= 4 is 34.2 Å². The Kier molecular flexibility index (Phi) is 16.7. The summed E-state index contributed by atoms with van der Waals surface area (Å²) >= 11 is 0. The van der Waals surface area contributed by atoms with E-state index in [-0.39, 0.29) is 30.4 Å². The molecule has 0 amide bonds. The number of alkyl halides is 6. The van der Waals surface area contributed by atoms with Crippen molar-refractivity contribution in [3.8, 4) is 57.0 Å². The van der Waals surface area contributed by atoms with Crippen LogP contribution < -0.4 is 24.8 Å². The third kappa shape index (κ3) is 13.7. The highest BCUT2D eigenvalue weighted by Crippen LogP contribution is 2.36. The zero-order chi connectivity index (χ0) is 52.5. The lowest BCUT2D eigenvalue weighted by Gasteiger charge is -2.14. The van der Waals surface area contributed by atoms with E-state index < -0.39 is 25.2 Å². The minimum absolute atomic E-state index is 0.0219. The first-order valence-corrected chi connectivity index (χ1v) is 23.5. The SMILES string of the molecule is CCCC(=O)c1ccc(-c2cnc3c(NCCC(F)(F)F)cc(Oc4cccc(O)c4)cn23)cc1C.CCCC(=O)c1ccc(-c2cnc3c(NCCC(F)(F)F)cc(Oc4cccc(OC)c4)cn23)cc1C. The molecule has 3 N–H and O–H groups in total. The van der Waals surface area contributed by atoms with Crippen LogP contribution in [0.1, 0.15) is 84.2 Å². The summed E-state index contributed by atoms with van der Waals surface area (Å²) in [6.07, 6.45) is -1.39. The summed E-state index contributed by atoms with van der Waals surface area (Å²) in [5, 5.41) is 15.4. The second-order valence-electron chi connectivity index (χ2n) is 17.2. The van der Waals surface area contributed by atoms with Gasteiger partial charge in [-0.2, -0.15) is 26.3 Å². The van der Waals surface area contributed by atoms with Crippen LogP contribution in [0.5, 0.6) is 34.5 Å². The van der Waals surface area contributed by atoms with E-state index in [0.29, 0.717) is 86.8 Å². The lowest BCUT2D eigenvalue weighted by molar-refractivity contribution is -0.132. The van der Waals surface area contributed by atoms with Crippen molar-refractivity contribution in [3.63, 3.8) is 0 Å². The Balaban J connectivity index is 0.000000214. The fourth-order valence-corrected chi connectivity index (χ4v) is 8.08. The summed E-state index contributed by atoms with van der Waals surface area (Å²) in [5.41, 5.74) is 7.68. The number of carbonyl (C=O) groups is 2. The van der Waals surface area contributed by atoms with Crippen LogP contribution in [0.4, 0.5) is 37.7 Å². The summed E-state index contributed by atoms with van der Waals surface area (Å²) < 4.78 is 97.3. The number of aromatic hydroxyl groups is 1. The number of imidazole rings is 2. The molecule has 0 saturated carbocycles. The van der Waals surface area contributed by atoms with Crippen molar-refractivity contribution in [1.29, 1.82) is 0 Å². The number of hydrogen-bond donors (Lipinski definition) is 3. The van der Waals surface area contributed by atoms with Crippen LogP contribution >= 0.6 is 0 Å². The molecule has 0 radical (unpaired) electrons. The maximum Gasteiger partial charge on any atom is 0.390 e. The molecule has 8 rings (SSSR count). The van der Waals surface area contributed by atoms with Crippen LogP contribution in [0.3, 0.4) is 0 Å². The molecule has 4 aromatic heterocycles. The van der Waals surface area contributed by atoms with Crippen LogP contribution in [0.2, 0.25) is 0 Å². The highest BCUT2D eigenvalue weighted by molar-refractivity contribution is 5.98. The minimum Gasteiger partial charge on any atom is -0.508 e. The van der Waals surface area contributed by atoms with Crippen molar-refractivity contribution in [2.75, 3.05) is 30.8 Å². The first-order chi connectivity index (χ1) is 34.8. The number of nitrogens with one attached hydrogen (secondary N) is 2. The van der Waals surface area contributed by atoms with Crippen molar-refractivity contribution in [2.24, 2.45) is 0 Å². The predicted octanol–water partition coefficient (Wildman–Crippen LogP) is 14.6. The summed E-state index contributed by atoms with van der Waals surface area (Å²) in [7, 11) is 1.55. The minimum atomic E-state index is -4.30. The maximum atomic E-state index is 12.8. The van der Waals surface area contributed by atoms with Crippen LogP contribution in [0.15, 0.2) is 122 Å². The number of nitrogens with zero attached hydrogens (tertiary/aromatic N) is 4. The molecule has 0 aliphatic heterocycles. The molecule has 18 heteroatoms. The Morgan fingerprint density at radius 3 is 1.44 bits per heavy atom. The molecule has 0 spiro atoms. The Morgan fingerprint density at radius 2 is 1.03 bits per heavy atom. The quantitative estimate of drug-likeness (QED) is 0.0530. The number of methoxy groups -OCH3 is 1. The molecule has 0 fully saturated rings. The van der Waals surface area contributed by atoms with Crippen LogP contribution in [-0.2, 0) is 0 Å². The number of phenols is 1. The van der Waals surface area contributed by atoms with E-state index >= 15 is 0 Å². The zero-order valence-corrected chi connectivity index (χ0v) is 40.7. The Morgan fingerprint density at radius 1 is 0.589 bits per heavy atom. The molecule has 0 aliphatic rings. The molecule has 4 aromatic carbocycles. The number of fused-ring (bicyclic) bond motifs is 2. The number of rotatable bonds is 19. The van der Waals surface area contributed by atoms with Gasteiger partial charge in [-0.1, -0.05) is 50.2 Å². The van der Waals surface area contributed by atoms with Gasteiger partial charge in [-0.05, 0) is 74.2 Å². The van der Waals surface area contributed by atoms with Gasteiger partial charge in [-0.3, -0.25) is 18.4 Å². The molecule has 73 heavy (non-hydrogen) atoms. The maximum absolute atomic E-state index is 12.8. The normalized spacial score (nSPS) is 11.5. The van der Waals surface area contributed by atoms with E-state index in [4.69, 9.17) is 14.2 Å². The summed E-state index contributed by atoms with van der Waals surface area (Å²) in [6, 6.07) is 27.5. The van der Waals surface area contributed by atoms with E-state index in [0.717, 1.165) is 35.1 Å². The topological polar surface area (TPSA) is 141 Å². The number of carbonyl (C=O) groups excluding carboxylic acids is 2. The molecule has 12 nitrogen and oxygen atoms in total. The van der Waals surface area contributed by atoms with Gasteiger partial charge in [0.25, 0.3) is 0 Å². The summed E-state index contributed by atoms with van der Waals surface area (Å²) in [4.78, 5) is 33.7. The number of halogens is 6.